The Bertz CT molecular complexity index is 545. The Morgan fingerprint density at radius 1 is 1.30 bits per heavy atom. The second kappa shape index (κ2) is 5.63. The third kappa shape index (κ3) is 3.17. The molecular weight excluding hydrogens is 252 g/mol. The lowest BCUT2D eigenvalue weighted by atomic mass is 9.77. The van der Waals surface area contributed by atoms with Gasteiger partial charge in [-0.15, -0.1) is 0 Å². The Morgan fingerprint density at radius 3 is 2.50 bits per heavy atom. The molecule has 0 aliphatic heterocycles. The Kier molecular flexibility index (Phi) is 4.09. The van der Waals surface area contributed by atoms with Gasteiger partial charge in [0, 0.05) is 11.5 Å². The molecule has 1 aromatic carbocycles. The number of hydrogen-bond acceptors (Lipinski definition) is 3. The van der Waals surface area contributed by atoms with Gasteiger partial charge in [0.2, 0.25) is 0 Å². The number of benzene rings is 1. The van der Waals surface area contributed by atoms with Gasteiger partial charge in [0.05, 0.1) is 12.7 Å². The van der Waals surface area contributed by atoms with Crippen LogP contribution in [0.3, 0.4) is 0 Å². The molecule has 0 bridgehead atoms. The van der Waals surface area contributed by atoms with Crippen molar-refractivity contribution in [3.05, 3.63) is 47.6 Å². The maximum Gasteiger partial charge on any atom is 0.181 e. The summed E-state index contributed by atoms with van der Waals surface area (Å²) in [4.78, 5) is 12.1. The number of aliphatic hydroxyl groups is 1. The molecule has 1 aliphatic rings. The molecule has 0 amide bonds. The van der Waals surface area contributed by atoms with Crippen molar-refractivity contribution in [2.24, 2.45) is 5.92 Å². The summed E-state index contributed by atoms with van der Waals surface area (Å²) in [6, 6.07) is 7.51. The molecule has 1 N–H and O–H groups in total. The Balaban J connectivity index is 2.37. The van der Waals surface area contributed by atoms with Gasteiger partial charge in [-0.25, -0.2) is 0 Å². The molecule has 0 fully saturated rings. The molecule has 2 rings (SSSR count). The van der Waals surface area contributed by atoms with E-state index in [1.165, 1.54) is 0 Å². The fourth-order valence-electron chi connectivity index (χ4n) is 2.43. The van der Waals surface area contributed by atoms with Crippen LogP contribution in [0.25, 0.3) is 6.08 Å². The first-order chi connectivity index (χ1) is 9.41. The minimum Gasteiger partial charge on any atom is -0.497 e. The van der Waals surface area contributed by atoms with Crippen LogP contribution in [-0.2, 0) is 4.79 Å². The van der Waals surface area contributed by atoms with E-state index in [9.17, 15) is 9.90 Å². The van der Waals surface area contributed by atoms with E-state index >= 15 is 0 Å². The number of methoxy groups -OCH3 is 1. The number of carbonyl (C=O) groups excluding carboxylic acids is 1. The molecule has 0 aromatic heterocycles. The van der Waals surface area contributed by atoms with E-state index in [-0.39, 0.29) is 11.7 Å². The van der Waals surface area contributed by atoms with E-state index < -0.39 is 5.60 Å². The van der Waals surface area contributed by atoms with Gasteiger partial charge < -0.3 is 9.84 Å². The molecule has 0 saturated carbocycles. The number of rotatable bonds is 3. The topological polar surface area (TPSA) is 46.5 Å². The van der Waals surface area contributed by atoms with Gasteiger partial charge in [0.15, 0.2) is 5.78 Å². The molecule has 3 heteroatoms. The largest absolute Gasteiger partial charge is 0.497 e. The zero-order valence-electron chi connectivity index (χ0n) is 12.1. The third-order valence-corrected chi connectivity index (χ3v) is 3.59. The van der Waals surface area contributed by atoms with Crippen LogP contribution >= 0.6 is 0 Å². The Morgan fingerprint density at radius 2 is 1.95 bits per heavy atom. The minimum absolute atomic E-state index is 0.0285. The lowest BCUT2D eigenvalue weighted by Crippen LogP contribution is -2.35. The second-order valence-corrected chi connectivity index (χ2v) is 5.58. The van der Waals surface area contributed by atoms with E-state index in [0.717, 1.165) is 11.3 Å². The van der Waals surface area contributed by atoms with Crippen molar-refractivity contribution in [1.82, 2.24) is 0 Å². The maximum atomic E-state index is 12.1. The molecular formula is C17H20O3. The predicted octanol–water partition coefficient (Wildman–Crippen LogP) is 2.99. The highest BCUT2D eigenvalue weighted by Gasteiger charge is 2.33. The molecule has 106 valence electrons. The lowest BCUT2D eigenvalue weighted by Gasteiger charge is -2.31. The van der Waals surface area contributed by atoms with Crippen LogP contribution in [0.4, 0.5) is 0 Å². The first-order valence-corrected chi connectivity index (χ1v) is 6.70. The monoisotopic (exact) mass is 272 g/mol. The van der Waals surface area contributed by atoms with Crippen molar-refractivity contribution in [3.63, 3.8) is 0 Å². The second-order valence-electron chi connectivity index (χ2n) is 5.58. The van der Waals surface area contributed by atoms with Crippen LogP contribution < -0.4 is 4.74 Å². The van der Waals surface area contributed by atoms with Crippen LogP contribution in [-0.4, -0.2) is 23.6 Å². The normalized spacial score (nSPS) is 21.3. The van der Waals surface area contributed by atoms with Gasteiger partial charge in [0.25, 0.3) is 0 Å². The quantitative estimate of drug-likeness (QED) is 0.860. The molecule has 1 atom stereocenters. The van der Waals surface area contributed by atoms with Crippen LogP contribution in [0.2, 0.25) is 0 Å². The molecule has 1 unspecified atom stereocenters. The number of ketones is 1. The molecule has 0 spiro atoms. The van der Waals surface area contributed by atoms with E-state index in [0.29, 0.717) is 12.0 Å². The van der Waals surface area contributed by atoms with Crippen LogP contribution in [0.1, 0.15) is 25.8 Å². The fraction of sp³-hybridized carbons (Fsp3) is 0.353. The average Bonchev–Trinajstić information content (AvgIpc) is 2.40. The van der Waals surface area contributed by atoms with Gasteiger partial charge in [0.1, 0.15) is 5.75 Å². The number of ether oxygens (including phenoxy) is 1. The summed E-state index contributed by atoms with van der Waals surface area (Å²) in [6.07, 6.45) is 5.94. The van der Waals surface area contributed by atoms with Crippen molar-refractivity contribution in [2.75, 3.05) is 7.11 Å². The van der Waals surface area contributed by atoms with E-state index in [4.69, 9.17) is 4.74 Å². The molecule has 0 saturated heterocycles. The standard InChI is InChI=1S/C17H20O3/c1-17(2,19)15-5-4-6-16(18)14(15)11-12-7-9-13(20-3)10-8-12/h4,6-11,15,19H,5H2,1-3H3/b14-11+. The van der Waals surface area contributed by atoms with Crippen molar-refractivity contribution < 1.29 is 14.6 Å². The summed E-state index contributed by atoms with van der Waals surface area (Å²) in [5.41, 5.74) is 0.669. The Labute approximate surface area is 119 Å². The zero-order valence-corrected chi connectivity index (χ0v) is 12.1. The molecule has 1 aromatic rings. The van der Waals surface area contributed by atoms with E-state index in [1.54, 1.807) is 27.0 Å². The molecule has 3 nitrogen and oxygen atoms in total. The number of hydrogen-bond donors (Lipinski definition) is 1. The summed E-state index contributed by atoms with van der Waals surface area (Å²) in [5.74, 6) is 0.572. The Hall–Kier alpha value is -1.87. The van der Waals surface area contributed by atoms with Crippen LogP contribution in [0.5, 0.6) is 5.75 Å². The highest BCUT2D eigenvalue weighted by atomic mass is 16.5. The summed E-state index contributed by atoms with van der Waals surface area (Å²) < 4.78 is 5.12. The number of allylic oxidation sites excluding steroid dienone is 2. The van der Waals surface area contributed by atoms with Crippen molar-refractivity contribution >= 4 is 11.9 Å². The number of carbonyl (C=O) groups is 1. The lowest BCUT2D eigenvalue weighted by molar-refractivity contribution is -0.113. The van der Waals surface area contributed by atoms with Crippen molar-refractivity contribution in [1.29, 1.82) is 0 Å². The molecule has 20 heavy (non-hydrogen) atoms. The maximum absolute atomic E-state index is 12.1. The SMILES string of the molecule is COc1ccc(/C=C2/C(=O)C=CCC2C(C)(C)O)cc1. The smallest absolute Gasteiger partial charge is 0.181 e. The highest BCUT2D eigenvalue weighted by molar-refractivity contribution is 6.08. The summed E-state index contributed by atoms with van der Waals surface area (Å²) >= 11 is 0. The van der Waals surface area contributed by atoms with Gasteiger partial charge in [-0.05, 0) is 50.1 Å². The van der Waals surface area contributed by atoms with Gasteiger partial charge in [-0.1, -0.05) is 18.2 Å². The fourth-order valence-corrected chi connectivity index (χ4v) is 2.43. The first-order valence-electron chi connectivity index (χ1n) is 6.70. The zero-order chi connectivity index (χ0) is 14.8. The van der Waals surface area contributed by atoms with Crippen molar-refractivity contribution in [3.8, 4) is 5.75 Å². The molecule has 0 radical (unpaired) electrons. The molecule has 0 heterocycles. The summed E-state index contributed by atoms with van der Waals surface area (Å²) in [5, 5.41) is 10.2. The first kappa shape index (κ1) is 14.5. The minimum atomic E-state index is -0.918. The summed E-state index contributed by atoms with van der Waals surface area (Å²) in [6.45, 7) is 3.48. The van der Waals surface area contributed by atoms with E-state index in [2.05, 4.69) is 0 Å². The third-order valence-electron chi connectivity index (χ3n) is 3.59. The predicted molar refractivity (Wildman–Crippen MR) is 79.5 cm³/mol. The van der Waals surface area contributed by atoms with Crippen LogP contribution in [0, 0.1) is 5.92 Å². The van der Waals surface area contributed by atoms with E-state index in [1.807, 2.05) is 36.4 Å². The average molecular weight is 272 g/mol. The van der Waals surface area contributed by atoms with Gasteiger partial charge in [-0.2, -0.15) is 0 Å². The van der Waals surface area contributed by atoms with Gasteiger partial charge >= 0.3 is 0 Å². The van der Waals surface area contributed by atoms with Gasteiger partial charge in [-0.3, -0.25) is 4.79 Å². The van der Waals surface area contributed by atoms with Crippen LogP contribution in [0.15, 0.2) is 42.0 Å². The summed E-state index contributed by atoms with van der Waals surface area (Å²) in [7, 11) is 1.62. The highest BCUT2D eigenvalue weighted by Crippen LogP contribution is 2.33. The van der Waals surface area contributed by atoms with Crippen molar-refractivity contribution in [2.45, 2.75) is 25.9 Å². The molecule has 1 aliphatic carbocycles.